The minimum absolute atomic E-state index is 0.142. The number of esters is 1. The van der Waals surface area contributed by atoms with Crippen LogP contribution in [-0.4, -0.2) is 23.6 Å². The summed E-state index contributed by atoms with van der Waals surface area (Å²) in [7, 11) is 0. The highest BCUT2D eigenvalue weighted by Gasteiger charge is 2.21. The van der Waals surface area contributed by atoms with Gasteiger partial charge in [-0.3, -0.25) is 9.59 Å². The van der Waals surface area contributed by atoms with Gasteiger partial charge in [-0.15, -0.1) is 10.1 Å². The first-order chi connectivity index (χ1) is 12.3. The molecule has 1 aliphatic carbocycles. The molecule has 2 rings (SSSR count). The van der Waals surface area contributed by atoms with Crippen LogP contribution in [0.2, 0.25) is 0 Å². The van der Waals surface area contributed by atoms with E-state index < -0.39 is 22.4 Å². The molecule has 0 aromatic heterocycles. The van der Waals surface area contributed by atoms with E-state index in [0.29, 0.717) is 5.70 Å². The zero-order chi connectivity index (χ0) is 19.2. The van der Waals surface area contributed by atoms with Crippen molar-refractivity contribution in [2.45, 2.75) is 13.8 Å². The van der Waals surface area contributed by atoms with Crippen LogP contribution in [0, 0.1) is 15.5 Å². The summed E-state index contributed by atoms with van der Waals surface area (Å²) in [6.07, 6.45) is 8.40. The van der Waals surface area contributed by atoms with Crippen LogP contribution in [0.4, 0.5) is 0 Å². The second-order valence-electron chi connectivity index (χ2n) is 5.86. The van der Waals surface area contributed by atoms with Crippen molar-refractivity contribution in [2.24, 2.45) is 5.41 Å². The third kappa shape index (κ3) is 5.30. The Labute approximate surface area is 149 Å². The van der Waals surface area contributed by atoms with Gasteiger partial charge in [-0.2, -0.15) is 0 Å². The van der Waals surface area contributed by atoms with Gasteiger partial charge in [0.15, 0.2) is 0 Å². The van der Waals surface area contributed by atoms with Gasteiger partial charge in [-0.25, -0.2) is 0 Å². The van der Waals surface area contributed by atoms with Gasteiger partial charge in [0.1, 0.15) is 12.4 Å². The number of nitrogens with zero attached hydrogens (tertiary/aromatic N) is 1. The van der Waals surface area contributed by atoms with E-state index in [2.05, 4.69) is 10.2 Å². The minimum Gasteiger partial charge on any atom is -0.426 e. The summed E-state index contributed by atoms with van der Waals surface area (Å²) >= 11 is 0. The quantitative estimate of drug-likeness (QED) is 0.362. The van der Waals surface area contributed by atoms with Crippen molar-refractivity contribution in [1.29, 1.82) is 0 Å². The number of carbonyl (C=O) groups is 2. The van der Waals surface area contributed by atoms with E-state index in [1.165, 1.54) is 13.0 Å². The lowest BCUT2D eigenvalue weighted by atomic mass is 9.91. The standard InChI is InChI=1S/C18H18N2O6/c1-13(21)26-16-8-4-3-7-15(16)17(22)19-14-6-5-10-18(2,11-9-14)12-25-20(23)24/h3-11H,12H2,1-2H3,(H,19,22). The fourth-order valence-electron chi connectivity index (χ4n) is 2.23. The van der Waals surface area contributed by atoms with E-state index >= 15 is 0 Å². The van der Waals surface area contributed by atoms with E-state index in [1.54, 1.807) is 55.5 Å². The Morgan fingerprint density at radius 3 is 2.69 bits per heavy atom. The van der Waals surface area contributed by atoms with Crippen LogP contribution in [0.1, 0.15) is 24.2 Å². The smallest absolute Gasteiger partial charge is 0.308 e. The van der Waals surface area contributed by atoms with Crippen molar-refractivity contribution in [3.05, 3.63) is 76.0 Å². The van der Waals surface area contributed by atoms with Crippen LogP contribution < -0.4 is 10.1 Å². The molecule has 1 atom stereocenters. The first-order valence-corrected chi connectivity index (χ1v) is 7.74. The minimum atomic E-state index is -0.847. The Morgan fingerprint density at radius 2 is 2.00 bits per heavy atom. The molecule has 136 valence electrons. The Balaban J connectivity index is 2.11. The van der Waals surface area contributed by atoms with Gasteiger partial charge in [-0.05, 0) is 24.3 Å². The molecule has 0 spiro atoms. The van der Waals surface area contributed by atoms with Crippen LogP contribution in [-0.2, 0) is 9.63 Å². The van der Waals surface area contributed by atoms with Gasteiger partial charge in [0.05, 0.1) is 5.56 Å². The van der Waals surface area contributed by atoms with E-state index in [4.69, 9.17) is 4.74 Å². The average molecular weight is 358 g/mol. The third-order valence-corrected chi connectivity index (χ3v) is 3.52. The maximum Gasteiger partial charge on any atom is 0.308 e. The number of amides is 1. The van der Waals surface area contributed by atoms with Crippen LogP contribution in [0.3, 0.4) is 0 Å². The lowest BCUT2D eigenvalue weighted by molar-refractivity contribution is -0.759. The lowest BCUT2D eigenvalue weighted by Crippen LogP contribution is -2.23. The summed E-state index contributed by atoms with van der Waals surface area (Å²) in [5.41, 5.74) is 0.00415. The SMILES string of the molecule is CC(=O)Oc1ccccc1C(=O)NC1=CC=CC(C)(CO[N+](=O)[O-])C=C1. The molecule has 0 radical (unpaired) electrons. The van der Waals surface area contributed by atoms with Crippen LogP contribution in [0.15, 0.2) is 60.3 Å². The monoisotopic (exact) mass is 358 g/mol. The maximum absolute atomic E-state index is 12.5. The largest absolute Gasteiger partial charge is 0.426 e. The van der Waals surface area contributed by atoms with Crippen molar-refractivity contribution in [3.63, 3.8) is 0 Å². The van der Waals surface area contributed by atoms with Crippen LogP contribution >= 0.6 is 0 Å². The highest BCUT2D eigenvalue weighted by molar-refractivity contribution is 5.98. The number of hydrogen-bond donors (Lipinski definition) is 1. The number of hydrogen-bond acceptors (Lipinski definition) is 6. The van der Waals surface area contributed by atoms with E-state index in [9.17, 15) is 19.7 Å². The summed E-state index contributed by atoms with van der Waals surface area (Å²) in [6, 6.07) is 6.38. The number of carbonyl (C=O) groups excluding carboxylic acids is 2. The molecule has 26 heavy (non-hydrogen) atoms. The molecule has 1 amide bonds. The number of allylic oxidation sites excluding steroid dienone is 3. The fraction of sp³-hybridized carbons (Fsp3) is 0.222. The Hall–Kier alpha value is -3.42. The molecule has 0 fully saturated rings. The maximum atomic E-state index is 12.5. The average Bonchev–Trinajstić information content (AvgIpc) is 2.75. The van der Waals surface area contributed by atoms with E-state index in [0.717, 1.165) is 0 Å². The lowest BCUT2D eigenvalue weighted by Gasteiger charge is -2.19. The number of nitrogens with one attached hydrogen (secondary N) is 1. The molecule has 1 aliphatic rings. The molecule has 1 aromatic rings. The molecule has 1 aromatic carbocycles. The van der Waals surface area contributed by atoms with Gasteiger partial charge >= 0.3 is 5.97 Å². The van der Waals surface area contributed by atoms with Gasteiger partial charge in [0.2, 0.25) is 0 Å². The Morgan fingerprint density at radius 1 is 1.27 bits per heavy atom. The van der Waals surface area contributed by atoms with E-state index in [1.807, 2.05) is 0 Å². The second kappa shape index (κ2) is 8.11. The molecular weight excluding hydrogens is 340 g/mol. The fourth-order valence-corrected chi connectivity index (χ4v) is 2.23. The molecule has 8 heteroatoms. The van der Waals surface area contributed by atoms with Gasteiger partial charge < -0.3 is 14.9 Å². The highest BCUT2D eigenvalue weighted by atomic mass is 16.9. The van der Waals surface area contributed by atoms with Gasteiger partial charge in [0.25, 0.3) is 11.0 Å². The third-order valence-electron chi connectivity index (χ3n) is 3.52. The zero-order valence-electron chi connectivity index (χ0n) is 14.3. The summed E-state index contributed by atoms with van der Waals surface area (Å²) in [6.45, 7) is 2.87. The van der Waals surface area contributed by atoms with Crippen molar-refractivity contribution >= 4 is 11.9 Å². The predicted molar refractivity (Wildman–Crippen MR) is 92.6 cm³/mol. The Kier molecular flexibility index (Phi) is 5.90. The van der Waals surface area contributed by atoms with Crippen molar-refractivity contribution < 1.29 is 24.3 Å². The summed E-state index contributed by atoms with van der Waals surface area (Å²) < 4.78 is 5.04. The van der Waals surface area contributed by atoms with Crippen molar-refractivity contribution in [1.82, 2.24) is 5.32 Å². The first kappa shape index (κ1) is 18.9. The first-order valence-electron chi connectivity index (χ1n) is 7.74. The van der Waals surface area contributed by atoms with Gasteiger partial charge in [-0.1, -0.05) is 37.3 Å². The topological polar surface area (TPSA) is 108 Å². The molecule has 0 heterocycles. The molecule has 1 unspecified atom stereocenters. The van der Waals surface area contributed by atoms with Crippen LogP contribution in [0.25, 0.3) is 0 Å². The van der Waals surface area contributed by atoms with Crippen molar-refractivity contribution in [2.75, 3.05) is 6.61 Å². The van der Waals surface area contributed by atoms with Crippen molar-refractivity contribution in [3.8, 4) is 5.75 Å². The number of para-hydroxylation sites is 1. The van der Waals surface area contributed by atoms with Crippen LogP contribution in [0.5, 0.6) is 5.75 Å². The highest BCUT2D eigenvalue weighted by Crippen LogP contribution is 2.24. The predicted octanol–water partition coefficient (Wildman–Crippen LogP) is 2.57. The number of benzene rings is 1. The zero-order valence-corrected chi connectivity index (χ0v) is 14.3. The molecule has 0 bridgehead atoms. The number of ether oxygens (including phenoxy) is 1. The Bertz CT molecular complexity index is 812. The molecule has 0 aliphatic heterocycles. The summed E-state index contributed by atoms with van der Waals surface area (Å²) in [4.78, 5) is 38.5. The second-order valence-corrected chi connectivity index (χ2v) is 5.86. The summed E-state index contributed by atoms with van der Waals surface area (Å²) in [5.74, 6) is -0.810. The molecule has 8 nitrogen and oxygen atoms in total. The molecular formula is C18H18N2O6. The van der Waals surface area contributed by atoms with Gasteiger partial charge in [0, 0.05) is 18.0 Å². The molecule has 1 N–H and O–H groups in total. The van der Waals surface area contributed by atoms with E-state index in [-0.39, 0.29) is 17.9 Å². The number of rotatable bonds is 6. The molecule has 0 saturated carbocycles. The summed E-state index contributed by atoms with van der Waals surface area (Å²) in [5, 5.41) is 12.2. The normalized spacial score (nSPS) is 18.5. The molecule has 0 saturated heterocycles.